The molecule has 1 saturated heterocycles. The predicted octanol–water partition coefficient (Wildman–Crippen LogP) is 3.22. The lowest BCUT2D eigenvalue weighted by atomic mass is 9.97. The van der Waals surface area contributed by atoms with Crippen LogP contribution in [0.3, 0.4) is 0 Å². The molecule has 0 saturated carbocycles. The zero-order valence-corrected chi connectivity index (χ0v) is 13.5. The second kappa shape index (κ2) is 7.43. The Bertz CT molecular complexity index is 438. The molecule has 4 heteroatoms. The molecule has 0 amide bonds. The summed E-state index contributed by atoms with van der Waals surface area (Å²) in [4.78, 5) is 2.43. The molecule has 2 atom stereocenters. The van der Waals surface area contributed by atoms with Gasteiger partial charge in [0.05, 0.1) is 0 Å². The first-order valence-electron chi connectivity index (χ1n) is 7.41. The summed E-state index contributed by atoms with van der Waals surface area (Å²) in [7, 11) is 2.20. The minimum atomic E-state index is -0.116. The number of hydrogen-bond donors (Lipinski definition) is 1. The number of thioether (sulfide) groups is 1. The van der Waals surface area contributed by atoms with E-state index < -0.39 is 0 Å². The van der Waals surface area contributed by atoms with Gasteiger partial charge in [-0.05, 0) is 44.1 Å². The molecule has 0 aliphatic carbocycles. The van der Waals surface area contributed by atoms with Crippen LogP contribution in [0.25, 0.3) is 0 Å². The van der Waals surface area contributed by atoms with E-state index in [-0.39, 0.29) is 11.9 Å². The summed E-state index contributed by atoms with van der Waals surface area (Å²) in [6, 6.07) is 6.29. The fraction of sp³-hybridized carbons (Fsp3) is 0.625. The number of likely N-dealkylation sites (N-methyl/N-ethyl adjacent to an activating group) is 1. The van der Waals surface area contributed by atoms with Gasteiger partial charge in [0, 0.05) is 30.1 Å². The van der Waals surface area contributed by atoms with Crippen LogP contribution in [0.4, 0.5) is 4.39 Å². The van der Waals surface area contributed by atoms with Gasteiger partial charge < -0.3 is 5.32 Å². The summed E-state index contributed by atoms with van der Waals surface area (Å²) in [5.41, 5.74) is 1.94. The molecule has 0 radical (unpaired) electrons. The van der Waals surface area contributed by atoms with Crippen LogP contribution in [0.2, 0.25) is 0 Å². The molecule has 1 aromatic rings. The van der Waals surface area contributed by atoms with Gasteiger partial charge in [0.25, 0.3) is 0 Å². The molecule has 1 aliphatic heterocycles. The van der Waals surface area contributed by atoms with E-state index in [1.807, 2.05) is 30.8 Å². The Balaban J connectivity index is 2.23. The van der Waals surface area contributed by atoms with Crippen LogP contribution in [-0.2, 0) is 0 Å². The molecule has 0 aromatic heterocycles. The van der Waals surface area contributed by atoms with Crippen LogP contribution < -0.4 is 5.32 Å². The molecule has 2 unspecified atom stereocenters. The van der Waals surface area contributed by atoms with Gasteiger partial charge in [-0.1, -0.05) is 19.1 Å². The molecule has 1 aromatic carbocycles. The summed E-state index contributed by atoms with van der Waals surface area (Å²) < 4.78 is 13.5. The zero-order valence-electron chi connectivity index (χ0n) is 12.7. The SMILES string of the molecule is CCCNC(c1ccc(F)c(C)c1)C1CSCCN1C. The standard InChI is InChI=1S/C16H25FN2S/c1-4-7-18-16(15-11-20-9-8-19(15)3)13-5-6-14(17)12(2)10-13/h5-6,10,15-16,18H,4,7-9,11H2,1-3H3. The first-order chi connectivity index (χ1) is 9.63. The Morgan fingerprint density at radius 2 is 2.30 bits per heavy atom. The largest absolute Gasteiger partial charge is 0.309 e. The molecule has 0 bridgehead atoms. The molecule has 0 spiro atoms. The average molecular weight is 296 g/mol. The van der Waals surface area contributed by atoms with Gasteiger partial charge in [-0.3, -0.25) is 4.90 Å². The van der Waals surface area contributed by atoms with Crippen molar-refractivity contribution in [2.75, 3.05) is 31.6 Å². The van der Waals surface area contributed by atoms with Crippen LogP contribution in [0.15, 0.2) is 18.2 Å². The number of nitrogens with one attached hydrogen (secondary N) is 1. The second-order valence-electron chi connectivity index (χ2n) is 5.56. The van der Waals surface area contributed by atoms with Crippen molar-refractivity contribution in [1.29, 1.82) is 0 Å². The van der Waals surface area contributed by atoms with Crippen LogP contribution in [0.1, 0.15) is 30.5 Å². The quantitative estimate of drug-likeness (QED) is 0.898. The van der Waals surface area contributed by atoms with Crippen molar-refractivity contribution in [1.82, 2.24) is 10.2 Å². The highest BCUT2D eigenvalue weighted by molar-refractivity contribution is 7.99. The van der Waals surface area contributed by atoms with Gasteiger partial charge in [-0.25, -0.2) is 4.39 Å². The van der Waals surface area contributed by atoms with Crippen molar-refractivity contribution in [3.05, 3.63) is 35.1 Å². The van der Waals surface area contributed by atoms with E-state index in [0.717, 1.165) is 30.8 Å². The molecular weight excluding hydrogens is 271 g/mol. The summed E-state index contributed by atoms with van der Waals surface area (Å²) in [6.07, 6.45) is 1.11. The monoisotopic (exact) mass is 296 g/mol. The number of aryl methyl sites for hydroxylation is 1. The molecule has 1 N–H and O–H groups in total. The third kappa shape index (κ3) is 3.74. The molecule has 2 rings (SSSR count). The van der Waals surface area contributed by atoms with Crippen molar-refractivity contribution in [3.63, 3.8) is 0 Å². The van der Waals surface area contributed by atoms with Crippen LogP contribution >= 0.6 is 11.8 Å². The minimum Gasteiger partial charge on any atom is -0.309 e. The molecule has 2 nitrogen and oxygen atoms in total. The Kier molecular flexibility index (Phi) is 5.87. The van der Waals surface area contributed by atoms with Crippen molar-refractivity contribution in [2.45, 2.75) is 32.4 Å². The lowest BCUT2D eigenvalue weighted by Crippen LogP contribution is -2.48. The Labute approximate surface area is 126 Å². The number of rotatable bonds is 5. The van der Waals surface area contributed by atoms with Gasteiger partial charge in [-0.15, -0.1) is 0 Å². The van der Waals surface area contributed by atoms with E-state index in [2.05, 4.69) is 24.2 Å². The third-order valence-electron chi connectivity index (χ3n) is 3.98. The molecule has 1 heterocycles. The second-order valence-corrected chi connectivity index (χ2v) is 6.71. The maximum Gasteiger partial charge on any atom is 0.126 e. The fourth-order valence-electron chi connectivity index (χ4n) is 2.69. The van der Waals surface area contributed by atoms with Gasteiger partial charge in [-0.2, -0.15) is 11.8 Å². The van der Waals surface area contributed by atoms with Crippen LogP contribution in [-0.4, -0.2) is 42.6 Å². The summed E-state index contributed by atoms with van der Waals surface area (Å²) >= 11 is 2.01. The average Bonchev–Trinajstić information content (AvgIpc) is 2.44. The first kappa shape index (κ1) is 15.8. The number of benzene rings is 1. The van der Waals surface area contributed by atoms with Crippen molar-refractivity contribution in [3.8, 4) is 0 Å². The van der Waals surface area contributed by atoms with Gasteiger partial charge in [0.15, 0.2) is 0 Å². The van der Waals surface area contributed by atoms with Crippen molar-refractivity contribution < 1.29 is 4.39 Å². The maximum atomic E-state index is 13.5. The smallest absolute Gasteiger partial charge is 0.126 e. The summed E-state index contributed by atoms with van der Waals surface area (Å²) in [5.74, 6) is 2.22. The summed E-state index contributed by atoms with van der Waals surface area (Å²) in [6.45, 7) is 6.14. The first-order valence-corrected chi connectivity index (χ1v) is 8.56. The fourth-order valence-corrected chi connectivity index (χ4v) is 3.97. The van der Waals surface area contributed by atoms with Crippen LogP contribution in [0, 0.1) is 12.7 Å². The topological polar surface area (TPSA) is 15.3 Å². The molecule has 1 fully saturated rings. The Morgan fingerprint density at radius 3 is 2.95 bits per heavy atom. The van der Waals surface area contributed by atoms with E-state index in [1.165, 1.54) is 11.3 Å². The van der Waals surface area contributed by atoms with E-state index in [1.54, 1.807) is 6.07 Å². The Hall–Kier alpha value is -0.580. The molecule has 20 heavy (non-hydrogen) atoms. The maximum absolute atomic E-state index is 13.5. The van der Waals surface area contributed by atoms with E-state index in [9.17, 15) is 4.39 Å². The minimum absolute atomic E-state index is 0.116. The number of hydrogen-bond acceptors (Lipinski definition) is 3. The summed E-state index contributed by atoms with van der Waals surface area (Å²) in [5, 5.41) is 3.66. The van der Waals surface area contributed by atoms with Crippen molar-refractivity contribution >= 4 is 11.8 Å². The van der Waals surface area contributed by atoms with Crippen LogP contribution in [0.5, 0.6) is 0 Å². The lowest BCUT2D eigenvalue weighted by Gasteiger charge is -2.38. The molecule has 1 aliphatic rings. The lowest BCUT2D eigenvalue weighted by molar-refractivity contribution is 0.215. The molecular formula is C16H25FN2S. The third-order valence-corrected chi connectivity index (χ3v) is 5.03. The number of halogens is 1. The highest BCUT2D eigenvalue weighted by Gasteiger charge is 2.28. The van der Waals surface area contributed by atoms with E-state index in [4.69, 9.17) is 0 Å². The van der Waals surface area contributed by atoms with Gasteiger partial charge >= 0.3 is 0 Å². The number of nitrogens with zero attached hydrogens (tertiary/aromatic N) is 1. The predicted molar refractivity (Wildman–Crippen MR) is 85.9 cm³/mol. The highest BCUT2D eigenvalue weighted by Crippen LogP contribution is 2.28. The van der Waals surface area contributed by atoms with Crippen molar-refractivity contribution in [2.24, 2.45) is 0 Å². The zero-order chi connectivity index (χ0) is 14.5. The van der Waals surface area contributed by atoms with Gasteiger partial charge in [0.1, 0.15) is 5.82 Å². The highest BCUT2D eigenvalue weighted by atomic mass is 32.2. The Morgan fingerprint density at radius 1 is 1.50 bits per heavy atom. The molecule has 112 valence electrons. The van der Waals surface area contributed by atoms with Gasteiger partial charge in [0.2, 0.25) is 0 Å². The normalized spacial score (nSPS) is 21.9. The van der Waals surface area contributed by atoms with E-state index in [0.29, 0.717) is 6.04 Å². The van der Waals surface area contributed by atoms with E-state index >= 15 is 0 Å².